The van der Waals surface area contributed by atoms with Crippen molar-refractivity contribution in [3.8, 4) is 0 Å². The minimum atomic E-state index is 0.278. The summed E-state index contributed by atoms with van der Waals surface area (Å²) in [6, 6.07) is 30.9. The van der Waals surface area contributed by atoms with E-state index in [4.69, 9.17) is 0 Å². The summed E-state index contributed by atoms with van der Waals surface area (Å²) in [4.78, 5) is 0. The zero-order chi connectivity index (χ0) is 17.2. The van der Waals surface area contributed by atoms with Crippen LogP contribution in [0.25, 0.3) is 21.5 Å². The van der Waals surface area contributed by atoms with Crippen LogP contribution in [-0.2, 0) is 0 Å². The van der Waals surface area contributed by atoms with Crippen molar-refractivity contribution < 1.29 is 0 Å². The van der Waals surface area contributed by atoms with Crippen molar-refractivity contribution in [2.75, 3.05) is 0 Å². The molecule has 2 atom stereocenters. The molecule has 1 nitrogen and oxygen atoms in total. The molecule has 0 saturated heterocycles. The van der Waals surface area contributed by atoms with E-state index >= 15 is 0 Å². The van der Waals surface area contributed by atoms with Crippen LogP contribution in [0.15, 0.2) is 84.9 Å². The van der Waals surface area contributed by atoms with Crippen LogP contribution >= 0.6 is 0 Å². The summed E-state index contributed by atoms with van der Waals surface area (Å²) in [5.74, 6) is 0. The van der Waals surface area contributed by atoms with Crippen molar-refractivity contribution in [2.24, 2.45) is 0 Å². The molecule has 0 radical (unpaired) electrons. The summed E-state index contributed by atoms with van der Waals surface area (Å²) in [5.41, 5.74) is 2.70. The number of rotatable bonds is 4. The molecule has 0 aliphatic heterocycles. The van der Waals surface area contributed by atoms with Gasteiger partial charge in [-0.2, -0.15) is 0 Å². The standard InChI is InChI=1S/C24H23N/c1-17(21-15-7-11-19-9-3-5-13-23(19)21)25-18(2)22-16-8-12-20-10-4-6-14-24(20)22/h3-18,25H,1-2H3/t17-,18?/m1/s1. The smallest absolute Gasteiger partial charge is 0.0303 e. The number of hydrogen-bond donors (Lipinski definition) is 1. The second kappa shape index (κ2) is 6.70. The Kier molecular flexibility index (Phi) is 4.25. The molecule has 0 fully saturated rings. The first-order valence-corrected chi connectivity index (χ1v) is 8.95. The van der Waals surface area contributed by atoms with Crippen molar-refractivity contribution in [1.29, 1.82) is 0 Å². The van der Waals surface area contributed by atoms with E-state index in [2.05, 4.69) is 104 Å². The van der Waals surface area contributed by atoms with Crippen molar-refractivity contribution in [3.05, 3.63) is 96.1 Å². The van der Waals surface area contributed by atoms with E-state index in [9.17, 15) is 0 Å². The van der Waals surface area contributed by atoms with Gasteiger partial charge < -0.3 is 5.32 Å². The first-order chi connectivity index (χ1) is 12.2. The molecule has 1 N–H and O–H groups in total. The Morgan fingerprint density at radius 2 is 0.920 bits per heavy atom. The van der Waals surface area contributed by atoms with Crippen LogP contribution in [0.3, 0.4) is 0 Å². The fourth-order valence-corrected chi connectivity index (χ4v) is 3.81. The third-order valence-electron chi connectivity index (χ3n) is 5.08. The molecule has 4 aromatic carbocycles. The fourth-order valence-electron chi connectivity index (χ4n) is 3.81. The van der Waals surface area contributed by atoms with E-state index in [1.54, 1.807) is 0 Å². The summed E-state index contributed by atoms with van der Waals surface area (Å²) >= 11 is 0. The quantitative estimate of drug-likeness (QED) is 0.457. The Bertz CT molecular complexity index is 925. The molecule has 0 aliphatic carbocycles. The van der Waals surface area contributed by atoms with Gasteiger partial charge in [-0.25, -0.2) is 0 Å². The summed E-state index contributed by atoms with van der Waals surface area (Å²) in [7, 11) is 0. The molecular formula is C24H23N. The van der Waals surface area contributed by atoms with Gasteiger partial charge in [0.05, 0.1) is 0 Å². The molecule has 4 aromatic rings. The zero-order valence-corrected chi connectivity index (χ0v) is 14.7. The Hall–Kier alpha value is -2.64. The normalized spacial score (nSPS) is 13.8. The Morgan fingerprint density at radius 1 is 0.520 bits per heavy atom. The first kappa shape index (κ1) is 15.9. The Morgan fingerprint density at radius 3 is 1.40 bits per heavy atom. The van der Waals surface area contributed by atoms with Gasteiger partial charge in [0.15, 0.2) is 0 Å². The van der Waals surface area contributed by atoms with Gasteiger partial charge in [0.2, 0.25) is 0 Å². The maximum absolute atomic E-state index is 3.80. The van der Waals surface area contributed by atoms with Crippen molar-refractivity contribution >= 4 is 21.5 Å². The highest BCUT2D eigenvalue weighted by molar-refractivity contribution is 5.87. The van der Waals surface area contributed by atoms with E-state index in [1.807, 2.05) is 0 Å². The maximum atomic E-state index is 3.80. The largest absolute Gasteiger partial charge is 0.304 e. The number of fused-ring (bicyclic) bond motifs is 2. The second-order valence-corrected chi connectivity index (χ2v) is 6.75. The third kappa shape index (κ3) is 3.04. The monoisotopic (exact) mass is 325 g/mol. The molecule has 0 spiro atoms. The van der Waals surface area contributed by atoms with Gasteiger partial charge in [-0.1, -0.05) is 84.9 Å². The average Bonchev–Trinajstić information content (AvgIpc) is 2.67. The molecule has 0 bridgehead atoms. The Balaban J connectivity index is 1.66. The van der Waals surface area contributed by atoms with Crippen LogP contribution < -0.4 is 5.32 Å². The van der Waals surface area contributed by atoms with Crippen molar-refractivity contribution in [1.82, 2.24) is 5.32 Å². The fraction of sp³-hybridized carbons (Fsp3) is 0.167. The molecule has 124 valence electrons. The molecule has 25 heavy (non-hydrogen) atoms. The minimum absolute atomic E-state index is 0.278. The molecule has 0 saturated carbocycles. The van der Waals surface area contributed by atoms with E-state index in [1.165, 1.54) is 32.7 Å². The molecular weight excluding hydrogens is 302 g/mol. The highest BCUT2D eigenvalue weighted by Gasteiger charge is 2.14. The molecule has 4 rings (SSSR count). The molecule has 0 heterocycles. The van der Waals surface area contributed by atoms with Crippen molar-refractivity contribution in [3.63, 3.8) is 0 Å². The van der Waals surface area contributed by atoms with E-state index < -0.39 is 0 Å². The van der Waals surface area contributed by atoms with Gasteiger partial charge in [-0.15, -0.1) is 0 Å². The lowest BCUT2D eigenvalue weighted by atomic mass is 9.96. The summed E-state index contributed by atoms with van der Waals surface area (Å²) in [6.07, 6.45) is 0. The van der Waals surface area contributed by atoms with Gasteiger partial charge in [0.25, 0.3) is 0 Å². The van der Waals surface area contributed by atoms with Gasteiger partial charge in [0.1, 0.15) is 0 Å². The lowest BCUT2D eigenvalue weighted by Gasteiger charge is -2.23. The molecule has 1 unspecified atom stereocenters. The zero-order valence-electron chi connectivity index (χ0n) is 14.7. The second-order valence-electron chi connectivity index (χ2n) is 6.75. The molecule has 0 amide bonds. The van der Waals surface area contributed by atoms with E-state index in [-0.39, 0.29) is 12.1 Å². The van der Waals surface area contributed by atoms with Gasteiger partial charge in [0, 0.05) is 12.1 Å². The van der Waals surface area contributed by atoms with Gasteiger partial charge in [-0.3, -0.25) is 0 Å². The number of benzene rings is 4. The summed E-state index contributed by atoms with van der Waals surface area (Å²) in [5, 5.41) is 9.05. The van der Waals surface area contributed by atoms with Crippen LogP contribution in [0.1, 0.15) is 37.1 Å². The van der Waals surface area contributed by atoms with E-state index in [0.717, 1.165) is 0 Å². The van der Waals surface area contributed by atoms with Crippen LogP contribution in [0, 0.1) is 0 Å². The summed E-state index contributed by atoms with van der Waals surface area (Å²) in [6.45, 7) is 4.51. The van der Waals surface area contributed by atoms with Gasteiger partial charge >= 0.3 is 0 Å². The molecule has 0 aromatic heterocycles. The van der Waals surface area contributed by atoms with Gasteiger partial charge in [-0.05, 0) is 46.5 Å². The van der Waals surface area contributed by atoms with Crippen molar-refractivity contribution in [2.45, 2.75) is 25.9 Å². The first-order valence-electron chi connectivity index (χ1n) is 8.95. The lowest BCUT2D eigenvalue weighted by Crippen LogP contribution is -2.22. The summed E-state index contributed by atoms with van der Waals surface area (Å²) < 4.78 is 0. The minimum Gasteiger partial charge on any atom is -0.304 e. The van der Waals surface area contributed by atoms with Crippen LogP contribution in [0.2, 0.25) is 0 Å². The Labute approximate surface area is 149 Å². The average molecular weight is 325 g/mol. The molecule has 0 aliphatic rings. The predicted molar refractivity (Wildman–Crippen MR) is 108 cm³/mol. The topological polar surface area (TPSA) is 12.0 Å². The van der Waals surface area contributed by atoms with Crippen LogP contribution in [0.4, 0.5) is 0 Å². The van der Waals surface area contributed by atoms with E-state index in [0.29, 0.717) is 0 Å². The number of nitrogens with one attached hydrogen (secondary N) is 1. The predicted octanol–water partition coefficient (Wildman–Crippen LogP) is 6.40. The van der Waals surface area contributed by atoms with Crippen LogP contribution in [-0.4, -0.2) is 0 Å². The molecule has 1 heteroatoms. The highest BCUT2D eigenvalue weighted by Crippen LogP contribution is 2.29. The number of hydrogen-bond acceptors (Lipinski definition) is 1. The lowest BCUT2D eigenvalue weighted by molar-refractivity contribution is 0.499. The van der Waals surface area contributed by atoms with Crippen LogP contribution in [0.5, 0.6) is 0 Å². The third-order valence-corrected chi connectivity index (χ3v) is 5.08. The maximum Gasteiger partial charge on any atom is 0.0303 e. The highest BCUT2D eigenvalue weighted by atomic mass is 14.9. The SMILES string of the molecule is CC(N[C@H](C)c1cccc2ccccc12)c1cccc2ccccc12.